The van der Waals surface area contributed by atoms with Crippen molar-refractivity contribution in [2.45, 2.75) is 0 Å². The minimum atomic E-state index is 0.905. The highest BCUT2D eigenvalue weighted by Gasteiger charge is 2.21. The maximum Gasteiger partial charge on any atom is 0.136 e. The summed E-state index contributed by atoms with van der Waals surface area (Å²) in [5, 5.41) is 7.09. The molecule has 2 nitrogen and oxygen atoms in total. The molecule has 8 aromatic carbocycles. The van der Waals surface area contributed by atoms with E-state index < -0.39 is 0 Å². The quantitative estimate of drug-likeness (QED) is 0.186. The molecule has 0 amide bonds. The molecule has 46 heavy (non-hydrogen) atoms. The minimum Gasteiger partial charge on any atom is -0.456 e. The number of fused-ring (bicyclic) bond motifs is 7. The zero-order chi connectivity index (χ0) is 30.5. The summed E-state index contributed by atoms with van der Waals surface area (Å²) in [5.41, 5.74) is 9.93. The zero-order valence-corrected chi connectivity index (χ0v) is 25.1. The Morgan fingerprint density at radius 2 is 0.870 bits per heavy atom. The maximum absolute atomic E-state index is 6.38. The van der Waals surface area contributed by atoms with Gasteiger partial charge in [0.1, 0.15) is 11.2 Å². The summed E-state index contributed by atoms with van der Waals surface area (Å²) in [7, 11) is 0. The van der Waals surface area contributed by atoms with E-state index >= 15 is 0 Å². The average Bonchev–Trinajstić information content (AvgIpc) is 3.52. The predicted molar refractivity (Wildman–Crippen MR) is 194 cm³/mol. The molecule has 0 N–H and O–H groups in total. The molecule has 0 aliphatic heterocycles. The van der Waals surface area contributed by atoms with Gasteiger partial charge in [-0.3, -0.25) is 0 Å². The van der Waals surface area contributed by atoms with Gasteiger partial charge in [0.2, 0.25) is 0 Å². The third kappa shape index (κ3) is 4.35. The second-order valence-corrected chi connectivity index (χ2v) is 11.7. The summed E-state index contributed by atoms with van der Waals surface area (Å²) in [6, 6.07) is 62.7. The van der Waals surface area contributed by atoms with E-state index in [9.17, 15) is 0 Å². The molecule has 216 valence electrons. The van der Waals surface area contributed by atoms with Crippen LogP contribution in [0.25, 0.3) is 65.7 Å². The molecule has 2 heteroatoms. The van der Waals surface area contributed by atoms with Crippen LogP contribution in [0.5, 0.6) is 0 Å². The van der Waals surface area contributed by atoms with Crippen molar-refractivity contribution in [2.75, 3.05) is 4.90 Å². The molecule has 0 saturated carbocycles. The molecule has 0 aliphatic rings. The van der Waals surface area contributed by atoms with Crippen LogP contribution in [0.2, 0.25) is 0 Å². The Morgan fingerprint density at radius 3 is 1.50 bits per heavy atom. The summed E-state index contributed by atoms with van der Waals surface area (Å²) in [5.74, 6) is 0. The van der Waals surface area contributed by atoms with Crippen LogP contribution in [-0.2, 0) is 0 Å². The van der Waals surface area contributed by atoms with Crippen LogP contribution in [0.15, 0.2) is 180 Å². The Kier molecular flexibility index (Phi) is 6.17. The first kappa shape index (κ1) is 26.3. The summed E-state index contributed by atoms with van der Waals surface area (Å²) in [4.78, 5) is 2.40. The maximum atomic E-state index is 6.38. The van der Waals surface area contributed by atoms with Gasteiger partial charge in [0.25, 0.3) is 0 Å². The normalized spacial score (nSPS) is 11.5. The van der Waals surface area contributed by atoms with Crippen molar-refractivity contribution in [3.05, 3.63) is 176 Å². The van der Waals surface area contributed by atoms with Gasteiger partial charge < -0.3 is 9.32 Å². The van der Waals surface area contributed by atoms with Gasteiger partial charge in [-0.05, 0) is 81.6 Å². The molecule has 0 atom stereocenters. The van der Waals surface area contributed by atoms with Crippen LogP contribution in [0.1, 0.15) is 0 Å². The SMILES string of the molecule is c1ccc(-c2ccc(N(c3ccc(-c4ccccc4)cc3)c3cc4ccccc4c4c3ccc3oc5ccccc5c34)cc2)cc1. The van der Waals surface area contributed by atoms with E-state index in [0.29, 0.717) is 0 Å². The number of furan rings is 1. The van der Waals surface area contributed by atoms with E-state index in [0.717, 1.165) is 39.0 Å². The van der Waals surface area contributed by atoms with Gasteiger partial charge in [-0.25, -0.2) is 0 Å². The number of anilines is 3. The molecule has 0 aliphatic carbocycles. The lowest BCUT2D eigenvalue weighted by atomic mass is 9.95. The number of benzene rings is 8. The second kappa shape index (κ2) is 10.8. The molecule has 0 radical (unpaired) electrons. The van der Waals surface area contributed by atoms with E-state index in [4.69, 9.17) is 4.42 Å². The van der Waals surface area contributed by atoms with E-state index in [2.05, 4.69) is 175 Å². The fourth-order valence-electron chi connectivity index (χ4n) is 6.86. The molecule has 0 bridgehead atoms. The number of hydrogen-bond donors (Lipinski definition) is 0. The predicted octanol–water partition coefficient (Wildman–Crippen LogP) is 12.7. The van der Waals surface area contributed by atoms with E-state index in [-0.39, 0.29) is 0 Å². The largest absolute Gasteiger partial charge is 0.456 e. The van der Waals surface area contributed by atoms with Gasteiger partial charge in [0.05, 0.1) is 5.69 Å². The lowest BCUT2D eigenvalue weighted by Crippen LogP contribution is -2.10. The van der Waals surface area contributed by atoms with Crippen LogP contribution in [-0.4, -0.2) is 0 Å². The summed E-state index contributed by atoms with van der Waals surface area (Å²) < 4.78 is 6.38. The van der Waals surface area contributed by atoms with Crippen molar-refractivity contribution >= 4 is 60.5 Å². The Balaban J connectivity index is 1.31. The highest BCUT2D eigenvalue weighted by atomic mass is 16.3. The molecule has 0 unspecified atom stereocenters. The van der Waals surface area contributed by atoms with E-state index in [1.807, 2.05) is 6.07 Å². The Bertz CT molecular complexity index is 2410. The smallest absolute Gasteiger partial charge is 0.136 e. The molecule has 9 rings (SSSR count). The molecule has 0 spiro atoms. The molecule has 0 fully saturated rings. The first-order chi connectivity index (χ1) is 22.8. The lowest BCUT2D eigenvalue weighted by Gasteiger charge is -2.28. The van der Waals surface area contributed by atoms with Crippen molar-refractivity contribution in [2.24, 2.45) is 0 Å². The van der Waals surface area contributed by atoms with Crippen molar-refractivity contribution < 1.29 is 4.42 Å². The molecular weight excluding hydrogens is 558 g/mol. The second-order valence-electron chi connectivity index (χ2n) is 11.7. The van der Waals surface area contributed by atoms with Crippen molar-refractivity contribution in [3.63, 3.8) is 0 Å². The molecule has 0 saturated heterocycles. The monoisotopic (exact) mass is 587 g/mol. The highest BCUT2D eigenvalue weighted by molar-refractivity contribution is 6.29. The van der Waals surface area contributed by atoms with Crippen molar-refractivity contribution in [3.8, 4) is 22.3 Å². The lowest BCUT2D eigenvalue weighted by molar-refractivity contribution is 0.669. The van der Waals surface area contributed by atoms with Gasteiger partial charge in [0.15, 0.2) is 0 Å². The molecule has 1 heterocycles. The third-order valence-electron chi connectivity index (χ3n) is 9.05. The fraction of sp³-hybridized carbons (Fsp3) is 0. The van der Waals surface area contributed by atoms with Gasteiger partial charge >= 0.3 is 0 Å². The van der Waals surface area contributed by atoms with Crippen LogP contribution >= 0.6 is 0 Å². The first-order valence-electron chi connectivity index (χ1n) is 15.7. The standard InChI is InChI=1S/C44H29NO/c1-3-11-30(12-4-1)32-19-23-35(24-20-32)45(36-25-21-33(22-26-36)31-13-5-2-6-14-31)40-29-34-15-7-8-16-37(34)43-38(40)27-28-42-44(43)39-17-9-10-18-41(39)46-42/h1-29H. The van der Waals surface area contributed by atoms with Crippen LogP contribution in [0.3, 0.4) is 0 Å². The van der Waals surface area contributed by atoms with Gasteiger partial charge in [-0.2, -0.15) is 0 Å². The minimum absolute atomic E-state index is 0.905. The highest BCUT2D eigenvalue weighted by Crippen LogP contribution is 2.46. The first-order valence-corrected chi connectivity index (χ1v) is 15.7. The van der Waals surface area contributed by atoms with Crippen LogP contribution < -0.4 is 4.90 Å². The third-order valence-corrected chi connectivity index (χ3v) is 9.05. The Hall–Kier alpha value is -6.12. The van der Waals surface area contributed by atoms with Crippen LogP contribution in [0, 0.1) is 0 Å². The summed E-state index contributed by atoms with van der Waals surface area (Å²) >= 11 is 0. The number of rotatable bonds is 5. The van der Waals surface area contributed by atoms with Gasteiger partial charge in [-0.15, -0.1) is 0 Å². The Labute approximate surface area is 267 Å². The fourth-order valence-corrected chi connectivity index (χ4v) is 6.86. The molecule has 9 aromatic rings. The zero-order valence-electron chi connectivity index (χ0n) is 25.1. The molecule has 1 aromatic heterocycles. The van der Waals surface area contributed by atoms with Crippen LogP contribution in [0.4, 0.5) is 17.1 Å². The van der Waals surface area contributed by atoms with Crippen molar-refractivity contribution in [1.82, 2.24) is 0 Å². The van der Waals surface area contributed by atoms with E-state index in [1.54, 1.807) is 0 Å². The number of nitrogens with zero attached hydrogens (tertiary/aromatic N) is 1. The van der Waals surface area contributed by atoms with Crippen molar-refractivity contribution in [1.29, 1.82) is 0 Å². The number of para-hydroxylation sites is 1. The number of hydrogen-bond acceptors (Lipinski definition) is 2. The van der Waals surface area contributed by atoms with Gasteiger partial charge in [0, 0.05) is 32.9 Å². The summed E-state index contributed by atoms with van der Waals surface area (Å²) in [6.45, 7) is 0. The average molecular weight is 588 g/mol. The topological polar surface area (TPSA) is 16.4 Å². The Morgan fingerprint density at radius 1 is 0.348 bits per heavy atom. The van der Waals surface area contributed by atoms with E-state index in [1.165, 1.54) is 43.8 Å². The van der Waals surface area contributed by atoms with Gasteiger partial charge in [-0.1, -0.05) is 127 Å². The summed E-state index contributed by atoms with van der Waals surface area (Å²) in [6.07, 6.45) is 0. The molecular formula is C44H29NO.